The van der Waals surface area contributed by atoms with E-state index in [9.17, 15) is 4.79 Å². The van der Waals surface area contributed by atoms with Crippen LogP contribution in [0.2, 0.25) is 0 Å². The van der Waals surface area contributed by atoms with E-state index in [1.165, 1.54) is 5.56 Å². The van der Waals surface area contributed by atoms with Crippen molar-refractivity contribution in [2.24, 2.45) is 5.73 Å². The molecule has 0 spiro atoms. The number of nitrogens with zero attached hydrogens (tertiary/aromatic N) is 1. The lowest BCUT2D eigenvalue weighted by Gasteiger charge is -2.09. The predicted molar refractivity (Wildman–Crippen MR) is 102 cm³/mol. The van der Waals surface area contributed by atoms with E-state index < -0.39 is 5.91 Å². The lowest BCUT2D eigenvalue weighted by Crippen LogP contribution is -2.20. The van der Waals surface area contributed by atoms with Crippen molar-refractivity contribution in [3.05, 3.63) is 84.1 Å². The highest BCUT2D eigenvalue weighted by atomic mass is 16.5. The number of hydrogen-bond donors (Lipinski definition) is 2. The molecule has 0 fully saturated rings. The summed E-state index contributed by atoms with van der Waals surface area (Å²) in [5.74, 6) is 0.278. The van der Waals surface area contributed by atoms with Gasteiger partial charge in [0.25, 0.3) is 0 Å². The van der Waals surface area contributed by atoms with Gasteiger partial charge in [-0.25, -0.2) is 0 Å². The number of nitrogens with one attached hydrogen (secondary N) is 1. The van der Waals surface area contributed by atoms with Crippen molar-refractivity contribution in [3.63, 3.8) is 0 Å². The zero-order valence-electron chi connectivity index (χ0n) is 14.4. The molecular formula is C21H21N3O2. The molecule has 1 heterocycles. The zero-order valence-corrected chi connectivity index (χ0v) is 14.4. The Morgan fingerprint density at radius 3 is 2.62 bits per heavy atom. The van der Waals surface area contributed by atoms with Gasteiger partial charge in [-0.2, -0.15) is 0 Å². The largest absolute Gasteiger partial charge is 0.492 e. The van der Waals surface area contributed by atoms with Gasteiger partial charge < -0.3 is 15.8 Å². The molecule has 0 aliphatic heterocycles. The SMILES string of the molecule is NC(=O)c1ccc(OCCNCc2cccc(-c3ccccn3)c2)cc1. The van der Waals surface area contributed by atoms with Gasteiger partial charge in [0.1, 0.15) is 12.4 Å². The molecule has 0 aliphatic carbocycles. The summed E-state index contributed by atoms with van der Waals surface area (Å²) < 4.78 is 5.65. The molecule has 3 rings (SSSR count). The molecular weight excluding hydrogens is 326 g/mol. The highest BCUT2D eigenvalue weighted by Crippen LogP contribution is 2.17. The van der Waals surface area contributed by atoms with Crippen LogP contribution in [0.25, 0.3) is 11.3 Å². The number of aromatic nitrogens is 1. The van der Waals surface area contributed by atoms with Crippen LogP contribution in [0.5, 0.6) is 5.75 Å². The first-order chi connectivity index (χ1) is 12.7. The van der Waals surface area contributed by atoms with E-state index in [-0.39, 0.29) is 0 Å². The molecule has 3 aromatic rings. The minimum absolute atomic E-state index is 0.439. The summed E-state index contributed by atoms with van der Waals surface area (Å²) in [6.45, 7) is 2.01. The number of carbonyl (C=O) groups is 1. The van der Waals surface area contributed by atoms with Crippen LogP contribution < -0.4 is 15.8 Å². The van der Waals surface area contributed by atoms with E-state index in [4.69, 9.17) is 10.5 Å². The Kier molecular flexibility index (Phi) is 5.96. The lowest BCUT2D eigenvalue weighted by molar-refractivity contribution is 0.100. The van der Waals surface area contributed by atoms with Crippen molar-refractivity contribution in [2.45, 2.75) is 6.54 Å². The maximum atomic E-state index is 11.0. The van der Waals surface area contributed by atoms with E-state index in [1.807, 2.05) is 24.3 Å². The van der Waals surface area contributed by atoms with E-state index in [2.05, 4.69) is 28.5 Å². The lowest BCUT2D eigenvalue weighted by atomic mass is 10.1. The number of primary amides is 1. The smallest absolute Gasteiger partial charge is 0.248 e. The molecule has 0 radical (unpaired) electrons. The second-order valence-corrected chi connectivity index (χ2v) is 5.83. The highest BCUT2D eigenvalue weighted by Gasteiger charge is 2.01. The topological polar surface area (TPSA) is 77.2 Å². The van der Waals surface area contributed by atoms with E-state index in [0.717, 1.165) is 17.8 Å². The number of hydrogen-bond acceptors (Lipinski definition) is 4. The minimum atomic E-state index is -0.439. The number of pyridine rings is 1. The Labute approximate surface area is 152 Å². The number of benzene rings is 2. The summed E-state index contributed by atoms with van der Waals surface area (Å²) in [7, 11) is 0. The summed E-state index contributed by atoms with van der Waals surface area (Å²) >= 11 is 0. The molecule has 0 saturated heterocycles. The normalized spacial score (nSPS) is 10.5. The molecule has 0 atom stereocenters. The van der Waals surface area contributed by atoms with Crippen molar-refractivity contribution < 1.29 is 9.53 Å². The number of carbonyl (C=O) groups excluding carboxylic acids is 1. The minimum Gasteiger partial charge on any atom is -0.492 e. The third kappa shape index (κ3) is 4.91. The Balaban J connectivity index is 1.44. The molecule has 5 nitrogen and oxygen atoms in total. The van der Waals surface area contributed by atoms with Crippen molar-refractivity contribution >= 4 is 5.91 Å². The maximum absolute atomic E-state index is 11.0. The third-order valence-corrected chi connectivity index (χ3v) is 3.90. The standard InChI is InChI=1S/C21H21N3O2/c22-21(25)17-7-9-19(10-8-17)26-13-12-23-15-16-4-3-5-18(14-16)20-6-1-2-11-24-20/h1-11,14,23H,12-13,15H2,(H2,22,25). The first-order valence-corrected chi connectivity index (χ1v) is 8.46. The average Bonchev–Trinajstić information content (AvgIpc) is 2.69. The second kappa shape index (κ2) is 8.78. The Morgan fingerprint density at radius 1 is 1.04 bits per heavy atom. The van der Waals surface area contributed by atoms with Crippen LogP contribution in [-0.2, 0) is 6.54 Å². The van der Waals surface area contributed by atoms with Gasteiger partial charge in [0.15, 0.2) is 0 Å². The molecule has 0 saturated carbocycles. The molecule has 5 heteroatoms. The summed E-state index contributed by atoms with van der Waals surface area (Å²) in [5.41, 5.74) is 8.96. The first kappa shape index (κ1) is 17.6. The second-order valence-electron chi connectivity index (χ2n) is 5.83. The van der Waals surface area contributed by atoms with Crippen LogP contribution in [0.1, 0.15) is 15.9 Å². The Morgan fingerprint density at radius 2 is 1.88 bits per heavy atom. The number of rotatable bonds is 8. The Hall–Kier alpha value is -3.18. The van der Waals surface area contributed by atoms with Gasteiger partial charge in [0, 0.05) is 30.4 Å². The van der Waals surface area contributed by atoms with Gasteiger partial charge in [-0.15, -0.1) is 0 Å². The van der Waals surface area contributed by atoms with E-state index >= 15 is 0 Å². The molecule has 1 aromatic heterocycles. The molecule has 1 amide bonds. The van der Waals surface area contributed by atoms with Crippen molar-refractivity contribution in [1.29, 1.82) is 0 Å². The number of amides is 1. The molecule has 0 unspecified atom stereocenters. The quantitative estimate of drug-likeness (QED) is 0.614. The zero-order chi connectivity index (χ0) is 18.2. The fourth-order valence-electron chi connectivity index (χ4n) is 2.56. The molecule has 2 aromatic carbocycles. The van der Waals surface area contributed by atoms with Crippen LogP contribution >= 0.6 is 0 Å². The van der Waals surface area contributed by atoms with Crippen molar-refractivity contribution in [1.82, 2.24) is 10.3 Å². The highest BCUT2D eigenvalue weighted by molar-refractivity contribution is 5.92. The van der Waals surface area contributed by atoms with Gasteiger partial charge in [0.2, 0.25) is 5.91 Å². The fourth-order valence-corrected chi connectivity index (χ4v) is 2.56. The van der Waals surface area contributed by atoms with E-state index in [0.29, 0.717) is 24.5 Å². The predicted octanol–water partition coefficient (Wildman–Crippen LogP) is 3.02. The number of ether oxygens (including phenoxy) is 1. The van der Waals surface area contributed by atoms with Crippen molar-refractivity contribution in [3.8, 4) is 17.0 Å². The number of nitrogens with two attached hydrogens (primary N) is 1. The van der Waals surface area contributed by atoms with Gasteiger partial charge in [-0.1, -0.05) is 24.3 Å². The maximum Gasteiger partial charge on any atom is 0.248 e. The van der Waals surface area contributed by atoms with Crippen LogP contribution in [0.15, 0.2) is 72.9 Å². The molecule has 0 aliphatic rings. The van der Waals surface area contributed by atoms with Gasteiger partial charge in [0.05, 0.1) is 5.69 Å². The van der Waals surface area contributed by atoms with Gasteiger partial charge >= 0.3 is 0 Å². The monoisotopic (exact) mass is 347 g/mol. The van der Waals surface area contributed by atoms with Gasteiger partial charge in [-0.05, 0) is 48.0 Å². The summed E-state index contributed by atoms with van der Waals surface area (Å²) in [6.07, 6.45) is 1.80. The van der Waals surface area contributed by atoms with E-state index in [1.54, 1.807) is 30.5 Å². The molecule has 26 heavy (non-hydrogen) atoms. The Bertz CT molecular complexity index is 849. The summed E-state index contributed by atoms with van der Waals surface area (Å²) in [6, 6.07) is 21.0. The van der Waals surface area contributed by atoms with Gasteiger partial charge in [-0.3, -0.25) is 9.78 Å². The van der Waals surface area contributed by atoms with Crippen LogP contribution in [0, 0.1) is 0 Å². The third-order valence-electron chi connectivity index (χ3n) is 3.90. The van der Waals surface area contributed by atoms with Crippen molar-refractivity contribution in [2.75, 3.05) is 13.2 Å². The molecule has 0 bridgehead atoms. The van der Waals surface area contributed by atoms with Crippen LogP contribution in [0.3, 0.4) is 0 Å². The average molecular weight is 347 g/mol. The summed E-state index contributed by atoms with van der Waals surface area (Å²) in [4.78, 5) is 15.4. The molecule has 3 N–H and O–H groups in total. The molecule has 132 valence electrons. The van der Waals surface area contributed by atoms with Crippen LogP contribution in [0.4, 0.5) is 0 Å². The first-order valence-electron chi connectivity index (χ1n) is 8.46. The fraction of sp³-hybridized carbons (Fsp3) is 0.143. The summed E-state index contributed by atoms with van der Waals surface area (Å²) in [5, 5.41) is 3.36. The van der Waals surface area contributed by atoms with Crippen LogP contribution in [-0.4, -0.2) is 24.0 Å².